The highest BCUT2D eigenvalue weighted by molar-refractivity contribution is 7.15. The van der Waals surface area contributed by atoms with Gasteiger partial charge in [0.15, 0.2) is 5.13 Å². The molecule has 0 aliphatic heterocycles. The zero-order valence-corrected chi connectivity index (χ0v) is 13.3. The van der Waals surface area contributed by atoms with Gasteiger partial charge in [0.25, 0.3) is 0 Å². The summed E-state index contributed by atoms with van der Waals surface area (Å²) in [5, 5.41) is 3.65. The molecule has 3 N–H and O–H groups in total. The van der Waals surface area contributed by atoms with Gasteiger partial charge >= 0.3 is 0 Å². The van der Waals surface area contributed by atoms with Crippen molar-refractivity contribution in [3.05, 3.63) is 11.1 Å². The Balaban J connectivity index is 1.93. The van der Waals surface area contributed by atoms with Crippen LogP contribution in [0.4, 0.5) is 5.13 Å². The van der Waals surface area contributed by atoms with E-state index in [0.717, 1.165) is 12.8 Å². The van der Waals surface area contributed by atoms with Crippen molar-refractivity contribution >= 4 is 22.4 Å². The van der Waals surface area contributed by atoms with Gasteiger partial charge in [0.05, 0.1) is 0 Å². The van der Waals surface area contributed by atoms with Gasteiger partial charge in [-0.05, 0) is 30.7 Å². The van der Waals surface area contributed by atoms with Crippen LogP contribution in [0.1, 0.15) is 63.2 Å². The predicted molar refractivity (Wildman–Crippen MR) is 84.0 cm³/mol. The van der Waals surface area contributed by atoms with E-state index in [9.17, 15) is 4.79 Å². The van der Waals surface area contributed by atoms with E-state index in [1.54, 1.807) is 11.3 Å². The highest BCUT2D eigenvalue weighted by atomic mass is 32.1. The van der Waals surface area contributed by atoms with E-state index in [4.69, 9.17) is 5.73 Å². The third-order valence-electron chi connectivity index (χ3n) is 4.22. The molecule has 1 aliphatic carbocycles. The van der Waals surface area contributed by atoms with Crippen molar-refractivity contribution in [1.82, 2.24) is 4.98 Å². The lowest BCUT2D eigenvalue weighted by atomic mass is 9.72. The molecule has 20 heavy (non-hydrogen) atoms. The van der Waals surface area contributed by atoms with E-state index in [1.165, 1.54) is 24.1 Å². The molecule has 4 nitrogen and oxygen atoms in total. The van der Waals surface area contributed by atoms with Crippen molar-refractivity contribution in [2.45, 2.75) is 58.3 Å². The van der Waals surface area contributed by atoms with E-state index < -0.39 is 0 Å². The molecule has 1 saturated carbocycles. The summed E-state index contributed by atoms with van der Waals surface area (Å²) in [5.74, 6) is 0.508. The van der Waals surface area contributed by atoms with E-state index in [2.05, 4.69) is 24.1 Å². The number of carbonyl (C=O) groups excluding carboxylic acids is 1. The molecular formula is C15H25N3OS. The van der Waals surface area contributed by atoms with Gasteiger partial charge in [0.2, 0.25) is 5.91 Å². The summed E-state index contributed by atoms with van der Waals surface area (Å²) in [6.45, 7) is 4.87. The molecule has 0 spiro atoms. The third kappa shape index (κ3) is 3.79. The maximum absolute atomic E-state index is 12.2. The van der Waals surface area contributed by atoms with Crippen molar-refractivity contribution in [1.29, 1.82) is 0 Å². The molecule has 0 radical (unpaired) electrons. The van der Waals surface area contributed by atoms with Gasteiger partial charge in [-0.15, -0.1) is 11.3 Å². The maximum atomic E-state index is 12.2. The van der Waals surface area contributed by atoms with Crippen molar-refractivity contribution in [2.24, 2.45) is 11.1 Å². The number of aromatic nitrogens is 1. The van der Waals surface area contributed by atoms with Gasteiger partial charge < -0.3 is 11.1 Å². The van der Waals surface area contributed by atoms with E-state index >= 15 is 0 Å². The lowest BCUT2D eigenvalue weighted by molar-refractivity contribution is -0.118. The van der Waals surface area contributed by atoms with Gasteiger partial charge in [-0.3, -0.25) is 4.79 Å². The number of thiazole rings is 1. The molecule has 0 unspecified atom stereocenters. The average molecular weight is 295 g/mol. The summed E-state index contributed by atoms with van der Waals surface area (Å²) in [6.07, 6.45) is 8.19. The van der Waals surface area contributed by atoms with E-state index in [-0.39, 0.29) is 11.3 Å². The quantitative estimate of drug-likeness (QED) is 0.873. The smallest absolute Gasteiger partial charge is 0.226 e. The van der Waals surface area contributed by atoms with Gasteiger partial charge in [0.1, 0.15) is 0 Å². The van der Waals surface area contributed by atoms with Crippen molar-refractivity contribution in [3.8, 4) is 0 Å². The Morgan fingerprint density at radius 1 is 1.45 bits per heavy atom. The van der Waals surface area contributed by atoms with Gasteiger partial charge in [-0.2, -0.15) is 0 Å². The second kappa shape index (κ2) is 6.68. The number of hydrogen-bond acceptors (Lipinski definition) is 4. The van der Waals surface area contributed by atoms with Crippen molar-refractivity contribution in [2.75, 3.05) is 11.9 Å². The Morgan fingerprint density at radius 3 is 2.70 bits per heavy atom. The molecule has 1 heterocycles. The zero-order valence-electron chi connectivity index (χ0n) is 12.4. The van der Waals surface area contributed by atoms with Gasteiger partial charge in [-0.1, -0.05) is 33.1 Å². The number of nitrogens with two attached hydrogens (primary N) is 1. The highest BCUT2D eigenvalue weighted by Crippen LogP contribution is 2.38. The van der Waals surface area contributed by atoms with E-state index in [1.807, 2.05) is 6.20 Å². The molecule has 112 valence electrons. The number of amides is 1. The average Bonchev–Trinajstić information content (AvgIpc) is 2.88. The van der Waals surface area contributed by atoms with E-state index in [0.29, 0.717) is 24.0 Å². The van der Waals surface area contributed by atoms with Gasteiger partial charge in [-0.25, -0.2) is 4.98 Å². The zero-order chi connectivity index (χ0) is 14.6. The number of anilines is 1. The minimum atomic E-state index is 0.0144. The first kappa shape index (κ1) is 15.4. The van der Waals surface area contributed by atoms with Crippen LogP contribution in [0.5, 0.6) is 0 Å². The van der Waals surface area contributed by atoms with Crippen LogP contribution in [0.15, 0.2) is 6.20 Å². The molecule has 5 heteroatoms. The van der Waals surface area contributed by atoms with Crippen LogP contribution in [-0.2, 0) is 4.79 Å². The first-order valence-corrected chi connectivity index (χ1v) is 8.32. The summed E-state index contributed by atoms with van der Waals surface area (Å²) < 4.78 is 0. The Morgan fingerprint density at radius 2 is 2.15 bits per heavy atom. The minimum Gasteiger partial charge on any atom is -0.330 e. The summed E-state index contributed by atoms with van der Waals surface area (Å²) >= 11 is 1.56. The molecule has 1 aromatic heterocycles. The van der Waals surface area contributed by atoms with Crippen LogP contribution in [0.3, 0.4) is 0 Å². The normalized spacial score (nSPS) is 18.2. The fourth-order valence-electron chi connectivity index (χ4n) is 2.87. The number of carbonyl (C=O) groups is 1. The maximum Gasteiger partial charge on any atom is 0.226 e. The third-order valence-corrected chi connectivity index (χ3v) is 5.44. The van der Waals surface area contributed by atoms with Crippen LogP contribution < -0.4 is 11.1 Å². The lowest BCUT2D eigenvalue weighted by Crippen LogP contribution is -2.36. The van der Waals surface area contributed by atoms with Crippen LogP contribution in [0.2, 0.25) is 0 Å². The molecule has 1 aromatic rings. The van der Waals surface area contributed by atoms with Gasteiger partial charge in [0, 0.05) is 17.5 Å². The Bertz CT molecular complexity index is 450. The summed E-state index contributed by atoms with van der Waals surface area (Å²) in [4.78, 5) is 17.7. The fraction of sp³-hybridized carbons (Fsp3) is 0.733. The fourth-order valence-corrected chi connectivity index (χ4v) is 3.70. The molecule has 0 aromatic carbocycles. The number of nitrogens with zero attached hydrogens (tertiary/aromatic N) is 1. The second-order valence-corrected chi connectivity index (χ2v) is 7.27. The Hall–Kier alpha value is -0.940. The highest BCUT2D eigenvalue weighted by Gasteiger charge is 2.33. The van der Waals surface area contributed by atoms with Crippen LogP contribution in [-0.4, -0.2) is 17.4 Å². The van der Waals surface area contributed by atoms with Crippen molar-refractivity contribution in [3.63, 3.8) is 0 Å². The summed E-state index contributed by atoms with van der Waals surface area (Å²) in [6, 6.07) is 0. The summed E-state index contributed by atoms with van der Waals surface area (Å²) in [5.41, 5.74) is 5.95. The number of hydrogen-bond donors (Lipinski definition) is 2. The van der Waals surface area contributed by atoms with Crippen LogP contribution in [0.25, 0.3) is 0 Å². The predicted octanol–water partition coefficient (Wildman–Crippen LogP) is 3.50. The van der Waals surface area contributed by atoms with Crippen LogP contribution in [0, 0.1) is 5.41 Å². The van der Waals surface area contributed by atoms with Crippen LogP contribution >= 0.6 is 11.3 Å². The first-order valence-electron chi connectivity index (χ1n) is 7.50. The lowest BCUT2D eigenvalue weighted by Gasteiger charge is -2.35. The standard InChI is InChI=1S/C15H25N3OS/c1-11(2)12-9-17-14(20-12)18-13(19)8-15(10-16)6-4-3-5-7-15/h9,11H,3-8,10,16H2,1-2H3,(H,17,18,19). The Labute approximate surface area is 125 Å². The first-order chi connectivity index (χ1) is 9.54. The molecule has 1 aliphatic rings. The van der Waals surface area contributed by atoms with Crippen molar-refractivity contribution < 1.29 is 4.79 Å². The number of nitrogens with one attached hydrogen (secondary N) is 1. The minimum absolute atomic E-state index is 0.0144. The SMILES string of the molecule is CC(C)c1cnc(NC(=O)CC2(CN)CCCCC2)s1. The number of rotatable bonds is 5. The molecule has 0 saturated heterocycles. The topological polar surface area (TPSA) is 68.0 Å². The second-order valence-electron chi connectivity index (χ2n) is 6.21. The molecule has 2 rings (SSSR count). The summed E-state index contributed by atoms with van der Waals surface area (Å²) in [7, 11) is 0. The Kier molecular flexibility index (Phi) is 5.16. The molecule has 1 amide bonds. The molecule has 0 atom stereocenters. The monoisotopic (exact) mass is 295 g/mol. The molecular weight excluding hydrogens is 270 g/mol. The largest absolute Gasteiger partial charge is 0.330 e. The molecule has 1 fully saturated rings. The molecule has 0 bridgehead atoms.